The third-order valence-electron chi connectivity index (χ3n) is 4.04. The van der Waals surface area contributed by atoms with E-state index in [4.69, 9.17) is 0 Å². The molecule has 0 aromatic heterocycles. The number of amides is 1. The fraction of sp³-hybridized carbons (Fsp3) is 0.867. The van der Waals surface area contributed by atoms with E-state index >= 15 is 0 Å². The van der Waals surface area contributed by atoms with Gasteiger partial charge in [-0.25, -0.2) is 0 Å². The minimum Gasteiger partial charge on any atom is -0.481 e. The monoisotopic (exact) mass is 286 g/mol. The molecule has 0 aromatic rings. The quantitative estimate of drug-likeness (QED) is 0.610. The summed E-state index contributed by atoms with van der Waals surface area (Å²) in [5, 5.41) is 12.1. The van der Waals surface area contributed by atoms with Gasteiger partial charge >= 0.3 is 5.97 Å². The Bertz CT molecular complexity index is 301. The molecule has 0 saturated heterocycles. The van der Waals surface area contributed by atoms with Crippen LogP contribution in [0.1, 0.15) is 53.4 Å². The van der Waals surface area contributed by atoms with Crippen LogP contribution >= 0.6 is 0 Å². The van der Waals surface area contributed by atoms with Crippen LogP contribution in [0.3, 0.4) is 0 Å². The summed E-state index contributed by atoms with van der Waals surface area (Å²) >= 11 is 0. The minimum atomic E-state index is -0.919. The number of nitrogens with one attached hydrogen (secondary N) is 1. The smallest absolute Gasteiger partial charge is 0.310 e. The van der Waals surface area contributed by atoms with E-state index in [-0.39, 0.29) is 12.3 Å². The van der Waals surface area contributed by atoms with E-state index in [0.717, 1.165) is 26.1 Å². The first-order valence-electron chi connectivity index (χ1n) is 7.68. The lowest BCUT2D eigenvalue weighted by molar-refractivity contribution is -0.152. The summed E-state index contributed by atoms with van der Waals surface area (Å²) in [4.78, 5) is 25.5. The van der Waals surface area contributed by atoms with E-state index < -0.39 is 11.4 Å². The van der Waals surface area contributed by atoms with Gasteiger partial charge in [-0.2, -0.15) is 0 Å². The molecular weight excluding hydrogens is 256 g/mol. The molecule has 0 fully saturated rings. The summed E-state index contributed by atoms with van der Waals surface area (Å²) in [6, 6.07) is 0. The highest BCUT2D eigenvalue weighted by atomic mass is 16.4. The van der Waals surface area contributed by atoms with Crippen LogP contribution in [0.2, 0.25) is 0 Å². The molecule has 1 amide bonds. The second-order valence-corrected chi connectivity index (χ2v) is 5.25. The van der Waals surface area contributed by atoms with Gasteiger partial charge in [0, 0.05) is 19.5 Å². The molecule has 0 aromatic carbocycles. The number of hydrogen-bond donors (Lipinski definition) is 2. The molecule has 0 heterocycles. The lowest BCUT2D eigenvalue weighted by atomic mass is 9.79. The molecule has 0 rings (SSSR count). The standard InChI is InChI=1S/C15H30N2O3/c1-5-10-17(8-4)11-9-16-13(18)12-15(6-2,7-3)14(19)20/h5-12H2,1-4H3,(H,16,18)(H,19,20). The molecule has 5 heteroatoms. The third-order valence-corrected chi connectivity index (χ3v) is 4.04. The number of nitrogens with zero attached hydrogens (tertiary/aromatic N) is 1. The maximum atomic E-state index is 11.9. The van der Waals surface area contributed by atoms with Gasteiger partial charge in [0.15, 0.2) is 0 Å². The van der Waals surface area contributed by atoms with E-state index in [2.05, 4.69) is 24.1 Å². The van der Waals surface area contributed by atoms with Crippen molar-refractivity contribution in [3.8, 4) is 0 Å². The number of likely N-dealkylation sites (N-methyl/N-ethyl adjacent to an activating group) is 1. The van der Waals surface area contributed by atoms with Crippen molar-refractivity contribution in [2.24, 2.45) is 5.41 Å². The summed E-state index contributed by atoms with van der Waals surface area (Å²) in [6.45, 7) is 11.3. The molecule has 0 spiro atoms. The molecule has 0 unspecified atom stereocenters. The van der Waals surface area contributed by atoms with Crippen molar-refractivity contribution < 1.29 is 14.7 Å². The Hall–Kier alpha value is -1.10. The normalized spacial score (nSPS) is 11.7. The second kappa shape index (κ2) is 9.75. The first kappa shape index (κ1) is 18.9. The van der Waals surface area contributed by atoms with Crippen molar-refractivity contribution in [3.05, 3.63) is 0 Å². The topological polar surface area (TPSA) is 69.6 Å². The predicted molar refractivity (Wildman–Crippen MR) is 80.7 cm³/mol. The molecule has 0 atom stereocenters. The first-order chi connectivity index (χ1) is 9.45. The Morgan fingerprint density at radius 3 is 2.10 bits per heavy atom. The Balaban J connectivity index is 4.25. The highest BCUT2D eigenvalue weighted by Crippen LogP contribution is 2.30. The van der Waals surface area contributed by atoms with Crippen LogP contribution < -0.4 is 5.32 Å². The number of carbonyl (C=O) groups is 2. The first-order valence-corrected chi connectivity index (χ1v) is 7.68. The maximum absolute atomic E-state index is 11.9. The van der Waals surface area contributed by atoms with Gasteiger partial charge in [0.2, 0.25) is 5.91 Å². The van der Waals surface area contributed by atoms with Gasteiger partial charge in [-0.3, -0.25) is 9.59 Å². The molecule has 0 aliphatic heterocycles. The Morgan fingerprint density at radius 2 is 1.70 bits per heavy atom. The molecule has 0 radical (unpaired) electrons. The molecule has 0 bridgehead atoms. The van der Waals surface area contributed by atoms with Crippen molar-refractivity contribution in [2.75, 3.05) is 26.2 Å². The van der Waals surface area contributed by atoms with E-state index in [1.807, 2.05) is 13.8 Å². The summed E-state index contributed by atoms with van der Waals surface area (Å²) in [6.07, 6.45) is 2.11. The zero-order valence-electron chi connectivity index (χ0n) is 13.4. The van der Waals surface area contributed by atoms with Crippen molar-refractivity contribution in [2.45, 2.75) is 53.4 Å². The number of carboxylic acid groups (broad SMARTS) is 1. The zero-order chi connectivity index (χ0) is 15.6. The molecule has 0 aliphatic carbocycles. The van der Waals surface area contributed by atoms with Crippen molar-refractivity contribution in [1.29, 1.82) is 0 Å². The molecule has 2 N–H and O–H groups in total. The molecule has 0 aliphatic rings. The van der Waals surface area contributed by atoms with Crippen LogP contribution in [0.15, 0.2) is 0 Å². The Kier molecular flexibility index (Phi) is 9.21. The molecule has 0 saturated carbocycles. The van der Waals surface area contributed by atoms with Gasteiger partial charge in [0.1, 0.15) is 0 Å². The average molecular weight is 286 g/mol. The van der Waals surface area contributed by atoms with Crippen LogP contribution in [-0.2, 0) is 9.59 Å². The van der Waals surface area contributed by atoms with Crippen LogP contribution in [0.25, 0.3) is 0 Å². The summed E-state index contributed by atoms with van der Waals surface area (Å²) in [5.74, 6) is -1.04. The molecular formula is C15H30N2O3. The van der Waals surface area contributed by atoms with Gasteiger partial charge in [0.25, 0.3) is 0 Å². The van der Waals surface area contributed by atoms with Gasteiger partial charge in [-0.05, 0) is 32.4 Å². The number of rotatable bonds is 11. The number of carbonyl (C=O) groups excluding carboxylic acids is 1. The second-order valence-electron chi connectivity index (χ2n) is 5.25. The highest BCUT2D eigenvalue weighted by Gasteiger charge is 2.36. The predicted octanol–water partition coefficient (Wildman–Crippen LogP) is 2.12. The number of hydrogen-bond acceptors (Lipinski definition) is 3. The summed E-state index contributed by atoms with van der Waals surface area (Å²) in [5.41, 5.74) is -0.919. The summed E-state index contributed by atoms with van der Waals surface area (Å²) in [7, 11) is 0. The third kappa shape index (κ3) is 5.90. The average Bonchev–Trinajstić information content (AvgIpc) is 2.43. The van der Waals surface area contributed by atoms with E-state index in [1.54, 1.807) is 0 Å². The maximum Gasteiger partial charge on any atom is 0.310 e. The van der Waals surface area contributed by atoms with E-state index in [9.17, 15) is 14.7 Å². The minimum absolute atomic E-state index is 0.0647. The SMILES string of the molecule is CCCN(CC)CCNC(=O)CC(CC)(CC)C(=O)O. The molecule has 20 heavy (non-hydrogen) atoms. The van der Waals surface area contributed by atoms with Gasteiger partial charge < -0.3 is 15.3 Å². The van der Waals surface area contributed by atoms with Crippen LogP contribution in [0.5, 0.6) is 0 Å². The lowest BCUT2D eigenvalue weighted by Crippen LogP contribution is -2.40. The van der Waals surface area contributed by atoms with Crippen LogP contribution in [0.4, 0.5) is 0 Å². The van der Waals surface area contributed by atoms with Crippen molar-refractivity contribution in [3.63, 3.8) is 0 Å². The fourth-order valence-corrected chi connectivity index (χ4v) is 2.35. The van der Waals surface area contributed by atoms with Gasteiger partial charge in [-0.15, -0.1) is 0 Å². The Labute approximate surface area is 122 Å². The van der Waals surface area contributed by atoms with Gasteiger partial charge in [0.05, 0.1) is 5.41 Å². The van der Waals surface area contributed by atoms with E-state index in [0.29, 0.717) is 19.4 Å². The summed E-state index contributed by atoms with van der Waals surface area (Å²) < 4.78 is 0. The van der Waals surface area contributed by atoms with Crippen LogP contribution in [0, 0.1) is 5.41 Å². The Morgan fingerprint density at radius 1 is 1.10 bits per heavy atom. The van der Waals surface area contributed by atoms with Crippen molar-refractivity contribution in [1.82, 2.24) is 10.2 Å². The largest absolute Gasteiger partial charge is 0.481 e. The molecule has 118 valence electrons. The van der Waals surface area contributed by atoms with E-state index in [1.165, 1.54) is 0 Å². The number of aliphatic carboxylic acids is 1. The fourth-order valence-electron chi connectivity index (χ4n) is 2.35. The van der Waals surface area contributed by atoms with Gasteiger partial charge in [-0.1, -0.05) is 27.7 Å². The lowest BCUT2D eigenvalue weighted by Gasteiger charge is -2.26. The van der Waals surface area contributed by atoms with Crippen LogP contribution in [-0.4, -0.2) is 48.1 Å². The zero-order valence-corrected chi connectivity index (χ0v) is 13.4. The highest BCUT2D eigenvalue weighted by molar-refractivity contribution is 5.84. The molecule has 5 nitrogen and oxygen atoms in total. The van der Waals surface area contributed by atoms with Crippen molar-refractivity contribution >= 4 is 11.9 Å². The number of carboxylic acids is 1.